The fourth-order valence-electron chi connectivity index (χ4n) is 3.17. The van der Waals surface area contributed by atoms with Crippen molar-refractivity contribution in [1.82, 2.24) is 0 Å². The van der Waals surface area contributed by atoms with Crippen LogP contribution >= 0.6 is 11.3 Å². The predicted molar refractivity (Wildman–Crippen MR) is 125 cm³/mol. The minimum atomic E-state index is -0.471. The summed E-state index contributed by atoms with van der Waals surface area (Å²) in [6.07, 6.45) is 0. The van der Waals surface area contributed by atoms with E-state index in [0.717, 1.165) is 27.3 Å². The summed E-state index contributed by atoms with van der Waals surface area (Å²) in [5, 5.41) is 6.06. The van der Waals surface area contributed by atoms with E-state index >= 15 is 0 Å². The molecular weight excluding hydrogens is 412 g/mol. The third-order valence-electron chi connectivity index (χ3n) is 4.55. The Morgan fingerprint density at radius 2 is 1.58 bits per heavy atom. The van der Waals surface area contributed by atoms with Gasteiger partial charge >= 0.3 is 12.0 Å². The molecule has 0 aliphatic carbocycles. The van der Waals surface area contributed by atoms with Gasteiger partial charge in [-0.2, -0.15) is 0 Å². The van der Waals surface area contributed by atoms with Crippen LogP contribution in [0.4, 0.5) is 15.5 Å². The molecule has 3 rings (SSSR count). The van der Waals surface area contributed by atoms with Crippen LogP contribution in [0.1, 0.15) is 34.6 Å². The molecule has 0 atom stereocenters. The zero-order valence-electron chi connectivity index (χ0n) is 18.1. The van der Waals surface area contributed by atoms with Crippen LogP contribution in [0.3, 0.4) is 0 Å². The zero-order valence-corrected chi connectivity index (χ0v) is 18.9. The summed E-state index contributed by atoms with van der Waals surface area (Å²) in [6.45, 7) is 8.40. The Morgan fingerprint density at radius 3 is 2.19 bits per heavy atom. The average molecular weight is 439 g/mol. The van der Waals surface area contributed by atoms with Crippen LogP contribution in [0.2, 0.25) is 0 Å². The van der Waals surface area contributed by atoms with Crippen molar-refractivity contribution in [1.29, 1.82) is 0 Å². The van der Waals surface area contributed by atoms with Crippen molar-refractivity contribution in [3.05, 3.63) is 64.5 Å². The predicted octanol–water partition coefficient (Wildman–Crippen LogP) is 6.25. The fraction of sp³-hybridized carbons (Fsp3) is 0.250. The van der Waals surface area contributed by atoms with Crippen LogP contribution in [-0.2, 0) is 4.74 Å². The number of amides is 2. The van der Waals surface area contributed by atoms with E-state index in [1.807, 2.05) is 69.3 Å². The van der Waals surface area contributed by atoms with Crippen molar-refractivity contribution in [3.63, 3.8) is 0 Å². The Hall–Kier alpha value is -3.32. The number of ether oxygens (including phenoxy) is 2. The standard InChI is InChI=1S/C24H26N2O4S/c1-5-29-19-13-9-17(10-14-19)20-16(4)31-22(21(20)23(27)30-6-2)26-24(28)25-18-11-7-15(3)8-12-18/h7-14H,5-6H2,1-4H3,(H2,25,26,28). The Kier molecular flexibility index (Phi) is 7.31. The van der Waals surface area contributed by atoms with Crippen molar-refractivity contribution in [2.24, 2.45) is 0 Å². The molecule has 162 valence electrons. The molecule has 0 bridgehead atoms. The third-order valence-corrected chi connectivity index (χ3v) is 5.57. The second kappa shape index (κ2) is 10.1. The van der Waals surface area contributed by atoms with E-state index in [0.29, 0.717) is 22.9 Å². The first-order valence-electron chi connectivity index (χ1n) is 10.1. The van der Waals surface area contributed by atoms with Gasteiger partial charge in [-0.3, -0.25) is 5.32 Å². The highest BCUT2D eigenvalue weighted by Crippen LogP contribution is 2.41. The van der Waals surface area contributed by atoms with Crippen molar-refractivity contribution in [3.8, 4) is 16.9 Å². The van der Waals surface area contributed by atoms with Crippen molar-refractivity contribution >= 4 is 34.0 Å². The summed E-state index contributed by atoms with van der Waals surface area (Å²) in [4.78, 5) is 26.3. The lowest BCUT2D eigenvalue weighted by Crippen LogP contribution is -2.20. The molecule has 0 aliphatic heterocycles. The molecule has 6 nitrogen and oxygen atoms in total. The van der Waals surface area contributed by atoms with Gasteiger partial charge in [-0.25, -0.2) is 9.59 Å². The number of carbonyl (C=O) groups excluding carboxylic acids is 2. The Labute approximate surface area is 186 Å². The SMILES string of the molecule is CCOC(=O)c1c(NC(=O)Nc2ccc(C)cc2)sc(C)c1-c1ccc(OCC)cc1. The smallest absolute Gasteiger partial charge is 0.341 e. The molecule has 31 heavy (non-hydrogen) atoms. The number of carbonyl (C=O) groups is 2. The lowest BCUT2D eigenvalue weighted by Gasteiger charge is -2.11. The zero-order chi connectivity index (χ0) is 22.4. The van der Waals surface area contributed by atoms with E-state index in [4.69, 9.17) is 9.47 Å². The second-order valence-corrected chi connectivity index (χ2v) is 8.09. The average Bonchev–Trinajstić information content (AvgIpc) is 3.06. The molecule has 0 saturated heterocycles. The quantitative estimate of drug-likeness (QED) is 0.427. The number of benzene rings is 2. The third kappa shape index (κ3) is 5.44. The topological polar surface area (TPSA) is 76.7 Å². The van der Waals surface area contributed by atoms with Crippen molar-refractivity contribution < 1.29 is 19.1 Å². The summed E-state index contributed by atoms with van der Waals surface area (Å²) in [5.74, 6) is 0.286. The molecule has 2 N–H and O–H groups in total. The van der Waals surface area contributed by atoms with Gasteiger partial charge in [-0.1, -0.05) is 29.8 Å². The summed E-state index contributed by atoms with van der Waals surface area (Å²) < 4.78 is 10.8. The van der Waals surface area contributed by atoms with Crippen molar-refractivity contribution in [2.45, 2.75) is 27.7 Å². The molecule has 7 heteroatoms. The molecule has 0 radical (unpaired) electrons. The first-order valence-corrected chi connectivity index (χ1v) is 10.9. The lowest BCUT2D eigenvalue weighted by atomic mass is 10.0. The van der Waals surface area contributed by atoms with Gasteiger partial charge in [0.2, 0.25) is 0 Å². The summed E-state index contributed by atoms with van der Waals surface area (Å²) in [6, 6.07) is 14.6. The van der Waals surface area contributed by atoms with Gasteiger partial charge in [0.25, 0.3) is 0 Å². The van der Waals surface area contributed by atoms with E-state index in [1.54, 1.807) is 6.92 Å². The van der Waals surface area contributed by atoms with E-state index in [-0.39, 0.29) is 6.61 Å². The van der Waals surface area contributed by atoms with E-state index in [9.17, 15) is 9.59 Å². The highest BCUT2D eigenvalue weighted by Gasteiger charge is 2.25. The second-order valence-electron chi connectivity index (χ2n) is 6.86. The number of hydrogen-bond donors (Lipinski definition) is 2. The minimum absolute atomic E-state index is 0.242. The molecular formula is C24H26N2O4S. The number of rotatable bonds is 7. The van der Waals surface area contributed by atoms with Crippen LogP contribution in [0.25, 0.3) is 11.1 Å². The van der Waals surface area contributed by atoms with Gasteiger partial charge in [0.15, 0.2) is 0 Å². The Morgan fingerprint density at radius 1 is 0.903 bits per heavy atom. The van der Waals surface area contributed by atoms with Crippen molar-refractivity contribution in [2.75, 3.05) is 23.8 Å². The number of hydrogen-bond acceptors (Lipinski definition) is 5. The largest absolute Gasteiger partial charge is 0.494 e. The molecule has 0 unspecified atom stereocenters. The number of aryl methyl sites for hydroxylation is 2. The Balaban J connectivity index is 1.92. The van der Waals surface area contributed by atoms with Gasteiger partial charge in [-0.05, 0) is 57.5 Å². The highest BCUT2D eigenvalue weighted by atomic mass is 32.1. The molecule has 0 saturated carbocycles. The van der Waals surface area contributed by atoms with Gasteiger partial charge in [-0.15, -0.1) is 11.3 Å². The molecule has 0 spiro atoms. The molecule has 0 fully saturated rings. The van der Waals surface area contributed by atoms with Gasteiger partial charge in [0.05, 0.1) is 13.2 Å². The van der Waals surface area contributed by atoms with Crippen LogP contribution in [0.5, 0.6) is 5.75 Å². The number of thiophene rings is 1. The summed E-state index contributed by atoms with van der Waals surface area (Å²) in [7, 11) is 0. The molecule has 2 aromatic carbocycles. The van der Waals surface area contributed by atoms with Gasteiger partial charge in [0.1, 0.15) is 16.3 Å². The number of urea groups is 1. The van der Waals surface area contributed by atoms with Crippen LogP contribution < -0.4 is 15.4 Å². The molecule has 1 aromatic heterocycles. The lowest BCUT2D eigenvalue weighted by molar-refractivity contribution is 0.0529. The highest BCUT2D eigenvalue weighted by molar-refractivity contribution is 7.17. The van der Waals surface area contributed by atoms with E-state index in [2.05, 4.69) is 10.6 Å². The number of esters is 1. The van der Waals surface area contributed by atoms with Gasteiger partial charge < -0.3 is 14.8 Å². The molecule has 1 heterocycles. The normalized spacial score (nSPS) is 10.5. The monoisotopic (exact) mass is 438 g/mol. The Bertz CT molecular complexity index is 1060. The first-order chi connectivity index (χ1) is 14.9. The number of nitrogens with one attached hydrogen (secondary N) is 2. The number of anilines is 2. The van der Waals surface area contributed by atoms with Gasteiger partial charge in [0, 0.05) is 16.1 Å². The maximum absolute atomic E-state index is 12.8. The van der Waals surface area contributed by atoms with Crippen LogP contribution in [0, 0.1) is 13.8 Å². The minimum Gasteiger partial charge on any atom is -0.494 e. The van der Waals surface area contributed by atoms with E-state index < -0.39 is 12.0 Å². The van der Waals surface area contributed by atoms with E-state index in [1.165, 1.54) is 11.3 Å². The summed E-state index contributed by atoms with van der Waals surface area (Å²) in [5.41, 5.74) is 3.72. The van der Waals surface area contributed by atoms with Crippen LogP contribution in [-0.4, -0.2) is 25.2 Å². The first kappa shape index (κ1) is 22.4. The summed E-state index contributed by atoms with van der Waals surface area (Å²) >= 11 is 1.34. The maximum atomic E-state index is 12.8. The molecule has 2 amide bonds. The van der Waals surface area contributed by atoms with Crippen LogP contribution in [0.15, 0.2) is 48.5 Å². The maximum Gasteiger partial charge on any atom is 0.341 e. The molecule has 0 aliphatic rings. The fourth-order valence-corrected chi connectivity index (χ4v) is 4.22. The molecule has 3 aromatic rings.